The number of alkyl halides is 3. The number of carbonyl (C=O) groups is 2. The number of carboxylic acids is 1. The first-order valence-corrected chi connectivity index (χ1v) is 20.1. The molecule has 1 aliphatic carbocycles. The fourth-order valence-corrected chi connectivity index (χ4v) is 7.79. The number of carbonyl (C=O) groups excluding carboxylic acids is 1. The number of H-pyrrole nitrogens is 1. The molecule has 0 fully saturated rings. The summed E-state index contributed by atoms with van der Waals surface area (Å²) in [5.74, 6) is -0.264. The molecule has 8 nitrogen and oxygen atoms in total. The molecular weight excluding hydrogens is 767 g/mol. The summed E-state index contributed by atoms with van der Waals surface area (Å²) in [5.41, 5.74) is 4.22. The maximum Gasteiger partial charge on any atom is 0.406 e. The lowest BCUT2D eigenvalue weighted by atomic mass is 9.72. The predicted octanol–water partition coefficient (Wildman–Crippen LogP) is 9.81. The number of nitrogens with one attached hydrogen (secondary N) is 1. The number of imidazole rings is 1. The zero-order valence-electron chi connectivity index (χ0n) is 30.3. The highest BCUT2D eigenvalue weighted by atomic mass is 32.4. The molecule has 1 aliphatic rings. The second-order valence-electron chi connectivity index (χ2n) is 13.1. The second kappa shape index (κ2) is 18.8. The number of halogens is 3. The monoisotopic (exact) mass is 807 g/mol. The van der Waals surface area contributed by atoms with E-state index in [0.717, 1.165) is 33.6 Å². The summed E-state index contributed by atoms with van der Waals surface area (Å²) in [6.07, 6.45) is -1.12. The molecule has 288 valence electrons. The van der Waals surface area contributed by atoms with Crippen molar-refractivity contribution in [3.8, 4) is 22.6 Å². The van der Waals surface area contributed by atoms with Crippen molar-refractivity contribution < 1.29 is 37.3 Å². The number of ether oxygens (including phenoxy) is 2. The highest BCUT2D eigenvalue weighted by molar-refractivity contribution is 7.99. The summed E-state index contributed by atoms with van der Waals surface area (Å²) in [5, 5.41) is 9.65. The molecule has 14 heteroatoms. The van der Waals surface area contributed by atoms with Crippen LogP contribution in [-0.2, 0) is 35.2 Å². The van der Waals surface area contributed by atoms with E-state index in [4.69, 9.17) is 14.6 Å². The standard InChI is InChI=1S/C41H40F3N3O5S.HPS/c1-27-14-16-28(17-15-27)25-52-30-19-18-29(36(22-30)51-2)24-47(26-41(42,43)44)38(50)40(20-8-3-9-21-53-39-45-23-35(46-39)37(48)49)33-12-6-4-10-31(33)32-11-5-7-13-34(32)40;1-2/h4-7,10-19,22-23H,3,8-9,20-21,24-26H2,1-2H3,(H,45,46)(H,48,49);1H. The van der Waals surface area contributed by atoms with Gasteiger partial charge in [-0.05, 0) is 67.7 Å². The minimum atomic E-state index is -4.66. The Bertz CT molecular complexity index is 2050. The van der Waals surface area contributed by atoms with Gasteiger partial charge in [0.05, 0.1) is 13.3 Å². The van der Waals surface area contributed by atoms with Gasteiger partial charge in [-0.2, -0.15) is 13.2 Å². The lowest BCUT2D eigenvalue weighted by molar-refractivity contribution is -0.165. The molecule has 1 aromatic heterocycles. The molecule has 0 saturated carbocycles. The van der Waals surface area contributed by atoms with Crippen LogP contribution in [0.3, 0.4) is 0 Å². The Balaban J connectivity index is 0.00000285. The van der Waals surface area contributed by atoms with Crippen molar-refractivity contribution in [3.05, 3.63) is 131 Å². The van der Waals surface area contributed by atoms with Crippen LogP contribution in [0.4, 0.5) is 13.2 Å². The fourth-order valence-electron chi connectivity index (χ4n) is 6.94. The number of benzene rings is 4. The zero-order chi connectivity index (χ0) is 39.6. The molecule has 6 rings (SSSR count). The number of carboxylic acid groups (broad SMARTS) is 1. The first-order valence-electron chi connectivity index (χ1n) is 17.5. The number of fused-ring (bicyclic) bond motifs is 3. The highest BCUT2D eigenvalue weighted by Gasteiger charge is 2.51. The lowest BCUT2D eigenvalue weighted by Gasteiger charge is -2.37. The number of hydrogen-bond acceptors (Lipinski definition) is 7. The van der Waals surface area contributed by atoms with Crippen molar-refractivity contribution in [2.24, 2.45) is 0 Å². The van der Waals surface area contributed by atoms with Crippen molar-refractivity contribution in [3.63, 3.8) is 0 Å². The van der Waals surface area contributed by atoms with Gasteiger partial charge in [0, 0.05) is 23.9 Å². The molecule has 0 spiro atoms. The maximum absolute atomic E-state index is 15.1. The van der Waals surface area contributed by atoms with Gasteiger partial charge in [0.2, 0.25) is 5.91 Å². The average Bonchev–Trinajstić information content (AvgIpc) is 3.78. The van der Waals surface area contributed by atoms with E-state index in [-0.39, 0.29) is 12.2 Å². The Labute approximate surface area is 329 Å². The number of aromatic carboxylic acids is 1. The number of thioether (sulfide) groups is 1. The van der Waals surface area contributed by atoms with E-state index < -0.39 is 30.0 Å². The van der Waals surface area contributed by atoms with Crippen molar-refractivity contribution in [1.29, 1.82) is 0 Å². The van der Waals surface area contributed by atoms with Crippen LogP contribution < -0.4 is 9.47 Å². The van der Waals surface area contributed by atoms with Crippen LogP contribution >= 0.6 is 19.8 Å². The number of amides is 1. The summed E-state index contributed by atoms with van der Waals surface area (Å²) < 4.78 is 54.8. The molecule has 0 bridgehead atoms. The van der Waals surface area contributed by atoms with E-state index in [1.54, 1.807) is 18.2 Å². The molecule has 5 aromatic rings. The number of aromatic amines is 1. The highest BCUT2D eigenvalue weighted by Crippen LogP contribution is 2.53. The van der Waals surface area contributed by atoms with Crippen molar-refractivity contribution in [2.45, 2.75) is 62.5 Å². The molecule has 4 aromatic carbocycles. The van der Waals surface area contributed by atoms with Crippen molar-refractivity contribution >= 4 is 43.5 Å². The topological polar surface area (TPSA) is 105 Å². The second-order valence-corrected chi connectivity index (χ2v) is 14.2. The van der Waals surface area contributed by atoms with Crippen molar-refractivity contribution in [1.82, 2.24) is 14.9 Å². The number of hydrogen-bond donors (Lipinski definition) is 2. The minimum Gasteiger partial charge on any atom is -0.496 e. The molecule has 1 amide bonds. The largest absolute Gasteiger partial charge is 0.496 e. The van der Waals surface area contributed by atoms with Gasteiger partial charge < -0.3 is 24.5 Å². The normalized spacial score (nSPS) is 12.5. The van der Waals surface area contributed by atoms with Gasteiger partial charge in [-0.25, -0.2) is 9.78 Å². The molecule has 0 atom stereocenters. The number of unbranched alkanes of at least 4 members (excludes halogenated alkanes) is 2. The average molecular weight is 808 g/mol. The minimum absolute atomic E-state index is 0.00920. The smallest absolute Gasteiger partial charge is 0.406 e. The van der Waals surface area contributed by atoms with Gasteiger partial charge in [-0.15, -0.1) is 0 Å². The number of nitrogens with zero attached hydrogens (tertiary/aromatic N) is 2. The Morgan fingerprint density at radius 2 is 1.60 bits per heavy atom. The number of aryl methyl sites for hydroxylation is 1. The molecule has 0 aliphatic heterocycles. The van der Waals surface area contributed by atoms with Gasteiger partial charge in [0.1, 0.15) is 35.8 Å². The molecule has 0 unspecified atom stereocenters. The van der Waals surface area contributed by atoms with Gasteiger partial charge in [0.25, 0.3) is 0 Å². The van der Waals surface area contributed by atoms with Crippen molar-refractivity contribution in [2.75, 3.05) is 19.4 Å². The Morgan fingerprint density at radius 1 is 0.945 bits per heavy atom. The third-order valence-electron chi connectivity index (χ3n) is 9.45. The summed E-state index contributed by atoms with van der Waals surface area (Å²) in [4.78, 5) is 34.0. The Morgan fingerprint density at radius 3 is 2.20 bits per heavy atom. The van der Waals surface area contributed by atoms with E-state index in [1.807, 2.05) is 79.7 Å². The summed E-state index contributed by atoms with van der Waals surface area (Å²) in [6, 6.07) is 27.8. The quantitative estimate of drug-likeness (QED) is 0.0577. The molecule has 55 heavy (non-hydrogen) atoms. The Kier molecular flexibility index (Phi) is 14.1. The summed E-state index contributed by atoms with van der Waals surface area (Å²) in [6.45, 7) is 0.532. The van der Waals surface area contributed by atoms with E-state index in [9.17, 15) is 18.0 Å². The lowest BCUT2D eigenvalue weighted by Crippen LogP contribution is -2.49. The molecule has 0 saturated heterocycles. The first-order chi connectivity index (χ1) is 26.5. The Hall–Kier alpha value is -4.71. The van der Waals surface area contributed by atoms with E-state index in [2.05, 4.69) is 29.8 Å². The number of methoxy groups -OCH3 is 1. The zero-order valence-corrected chi connectivity index (χ0v) is 33.0. The summed E-state index contributed by atoms with van der Waals surface area (Å²) >= 11 is 5.28. The van der Waals surface area contributed by atoms with Crippen LogP contribution in [0.1, 0.15) is 64.0 Å². The molecule has 2 N–H and O–H groups in total. The SMILES string of the molecule is COc1cc(OCc2ccc(C)cc2)ccc1CN(CC(F)(F)F)C(=O)C1(CCCCCSc2ncc(C(=O)O)[nH]2)c2ccccc2-c2ccccc21.P=S. The number of rotatable bonds is 16. The van der Waals surface area contributed by atoms with Crippen LogP contribution in [-0.4, -0.2) is 57.4 Å². The van der Waals surface area contributed by atoms with Crippen LogP contribution in [0.2, 0.25) is 0 Å². The van der Waals surface area contributed by atoms with Gasteiger partial charge in [0.15, 0.2) is 5.16 Å². The van der Waals surface area contributed by atoms with E-state index in [0.29, 0.717) is 65.0 Å². The maximum atomic E-state index is 15.1. The third-order valence-corrected chi connectivity index (χ3v) is 10.4. The summed E-state index contributed by atoms with van der Waals surface area (Å²) in [7, 11) is 4.00. The van der Waals surface area contributed by atoms with Crippen LogP contribution in [0.25, 0.3) is 11.1 Å². The number of aromatic nitrogens is 2. The fraction of sp³-hybridized carbons (Fsp3) is 0.293. The van der Waals surface area contributed by atoms with Gasteiger partial charge in [-0.1, -0.05) is 115 Å². The predicted molar refractivity (Wildman–Crippen MR) is 213 cm³/mol. The first kappa shape index (κ1) is 41.5. The van der Waals surface area contributed by atoms with Gasteiger partial charge in [-0.3, -0.25) is 4.79 Å². The van der Waals surface area contributed by atoms with Crippen LogP contribution in [0, 0.1) is 6.92 Å². The third kappa shape index (κ3) is 9.94. The molecule has 0 radical (unpaired) electrons. The molecular formula is C41H41F3N3O5PS2. The van der Waals surface area contributed by atoms with Crippen LogP contribution in [0.5, 0.6) is 11.5 Å². The van der Waals surface area contributed by atoms with Gasteiger partial charge >= 0.3 is 12.1 Å². The molecule has 1 heterocycles. The van der Waals surface area contributed by atoms with Crippen LogP contribution in [0.15, 0.2) is 102 Å². The van der Waals surface area contributed by atoms with E-state index in [1.165, 1.54) is 25.1 Å². The van der Waals surface area contributed by atoms with E-state index >= 15 is 4.79 Å².